The number of benzene rings is 1. The van der Waals surface area contributed by atoms with Gasteiger partial charge in [-0.05, 0) is 31.5 Å². The van der Waals surface area contributed by atoms with Crippen molar-refractivity contribution in [3.8, 4) is 5.75 Å². The lowest BCUT2D eigenvalue weighted by molar-refractivity contribution is -0.0241. The standard InChI is InChI=1S/C12H17NO2/c1-12(2)13-8-11(15-12)9-4-6-10(14-3)7-5-9/h4-7,11,13H,8H2,1-3H3/t11-/m1/s1. The van der Waals surface area contributed by atoms with Crippen LogP contribution < -0.4 is 10.1 Å². The monoisotopic (exact) mass is 207 g/mol. The third-order valence-electron chi connectivity index (χ3n) is 2.64. The van der Waals surface area contributed by atoms with Gasteiger partial charge in [-0.15, -0.1) is 0 Å². The van der Waals surface area contributed by atoms with Crippen molar-refractivity contribution in [2.45, 2.75) is 25.7 Å². The fourth-order valence-electron chi connectivity index (χ4n) is 1.78. The molecule has 0 aromatic heterocycles. The molecule has 0 aliphatic carbocycles. The molecule has 15 heavy (non-hydrogen) atoms. The molecule has 82 valence electrons. The summed E-state index contributed by atoms with van der Waals surface area (Å²) in [5.74, 6) is 0.879. The second-order valence-corrected chi connectivity index (χ2v) is 4.27. The third kappa shape index (κ3) is 2.30. The van der Waals surface area contributed by atoms with Gasteiger partial charge in [-0.1, -0.05) is 12.1 Å². The number of rotatable bonds is 2. The minimum atomic E-state index is -0.218. The first-order valence-corrected chi connectivity index (χ1v) is 5.17. The zero-order valence-corrected chi connectivity index (χ0v) is 9.41. The van der Waals surface area contributed by atoms with Gasteiger partial charge in [-0.2, -0.15) is 0 Å². The summed E-state index contributed by atoms with van der Waals surface area (Å²) in [7, 11) is 1.67. The average Bonchev–Trinajstić information content (AvgIpc) is 2.59. The SMILES string of the molecule is COc1ccc([C@H]2CNC(C)(C)O2)cc1. The highest BCUT2D eigenvalue weighted by Gasteiger charge is 2.31. The zero-order valence-electron chi connectivity index (χ0n) is 9.41. The average molecular weight is 207 g/mol. The quantitative estimate of drug-likeness (QED) is 0.805. The Hall–Kier alpha value is -1.06. The molecule has 3 nitrogen and oxygen atoms in total. The van der Waals surface area contributed by atoms with Crippen molar-refractivity contribution in [2.75, 3.05) is 13.7 Å². The largest absolute Gasteiger partial charge is 0.497 e. The molecule has 0 saturated carbocycles. The Labute approximate surface area is 90.4 Å². The van der Waals surface area contributed by atoms with Crippen LogP contribution in [0.4, 0.5) is 0 Å². The van der Waals surface area contributed by atoms with Gasteiger partial charge >= 0.3 is 0 Å². The minimum absolute atomic E-state index is 0.144. The van der Waals surface area contributed by atoms with E-state index in [0.717, 1.165) is 12.3 Å². The lowest BCUT2D eigenvalue weighted by Crippen LogP contribution is -2.33. The van der Waals surface area contributed by atoms with Gasteiger partial charge in [0.05, 0.1) is 13.2 Å². The Bertz CT molecular complexity index is 332. The molecule has 0 amide bonds. The Balaban J connectivity index is 2.11. The van der Waals surface area contributed by atoms with E-state index < -0.39 is 0 Å². The van der Waals surface area contributed by atoms with Gasteiger partial charge in [-0.3, -0.25) is 5.32 Å². The predicted octanol–water partition coefficient (Wildman–Crippen LogP) is 2.09. The highest BCUT2D eigenvalue weighted by Crippen LogP contribution is 2.28. The molecule has 1 saturated heterocycles. The van der Waals surface area contributed by atoms with Crippen LogP contribution in [0.3, 0.4) is 0 Å². The lowest BCUT2D eigenvalue weighted by Gasteiger charge is -2.18. The molecule has 1 aliphatic heterocycles. The Morgan fingerprint density at radius 3 is 2.47 bits per heavy atom. The first-order chi connectivity index (χ1) is 7.11. The van der Waals surface area contributed by atoms with E-state index in [-0.39, 0.29) is 11.8 Å². The molecular weight excluding hydrogens is 190 g/mol. The molecule has 2 rings (SSSR count). The molecule has 1 atom stereocenters. The van der Waals surface area contributed by atoms with Crippen LogP contribution in [-0.2, 0) is 4.74 Å². The van der Waals surface area contributed by atoms with Gasteiger partial charge in [0.1, 0.15) is 11.5 Å². The fourth-order valence-corrected chi connectivity index (χ4v) is 1.78. The van der Waals surface area contributed by atoms with Crippen LogP contribution in [0.5, 0.6) is 5.75 Å². The number of hydrogen-bond donors (Lipinski definition) is 1. The molecule has 1 aromatic rings. The van der Waals surface area contributed by atoms with E-state index in [1.807, 2.05) is 38.1 Å². The van der Waals surface area contributed by atoms with Crippen molar-refractivity contribution in [1.82, 2.24) is 5.32 Å². The van der Waals surface area contributed by atoms with Crippen LogP contribution in [-0.4, -0.2) is 19.4 Å². The van der Waals surface area contributed by atoms with E-state index in [9.17, 15) is 0 Å². The van der Waals surface area contributed by atoms with Gasteiger partial charge < -0.3 is 9.47 Å². The van der Waals surface area contributed by atoms with Gasteiger partial charge in [0, 0.05) is 6.54 Å². The molecule has 1 aliphatic rings. The molecule has 1 fully saturated rings. The summed E-state index contributed by atoms with van der Waals surface area (Å²) in [5.41, 5.74) is 0.971. The molecular formula is C12H17NO2. The van der Waals surface area contributed by atoms with E-state index in [1.165, 1.54) is 5.56 Å². The Morgan fingerprint density at radius 2 is 2.00 bits per heavy atom. The van der Waals surface area contributed by atoms with Crippen LogP contribution in [0.2, 0.25) is 0 Å². The Kier molecular flexibility index (Phi) is 2.67. The van der Waals surface area contributed by atoms with Crippen LogP contribution in [0.25, 0.3) is 0 Å². The molecule has 1 heterocycles. The van der Waals surface area contributed by atoms with Crippen LogP contribution >= 0.6 is 0 Å². The highest BCUT2D eigenvalue weighted by atomic mass is 16.5. The molecule has 3 heteroatoms. The van der Waals surface area contributed by atoms with E-state index in [0.29, 0.717) is 0 Å². The van der Waals surface area contributed by atoms with Gasteiger partial charge in [0.2, 0.25) is 0 Å². The minimum Gasteiger partial charge on any atom is -0.497 e. The maximum Gasteiger partial charge on any atom is 0.118 e. The van der Waals surface area contributed by atoms with Crippen LogP contribution in [0.15, 0.2) is 24.3 Å². The first-order valence-electron chi connectivity index (χ1n) is 5.17. The fraction of sp³-hybridized carbons (Fsp3) is 0.500. The molecule has 0 radical (unpaired) electrons. The van der Waals surface area contributed by atoms with E-state index in [4.69, 9.17) is 9.47 Å². The first kappa shape index (κ1) is 10.5. The van der Waals surface area contributed by atoms with Crippen molar-refractivity contribution in [2.24, 2.45) is 0 Å². The second-order valence-electron chi connectivity index (χ2n) is 4.27. The van der Waals surface area contributed by atoms with Crippen molar-refractivity contribution in [1.29, 1.82) is 0 Å². The normalized spacial score (nSPS) is 24.1. The smallest absolute Gasteiger partial charge is 0.118 e. The molecule has 0 bridgehead atoms. The zero-order chi connectivity index (χ0) is 10.9. The summed E-state index contributed by atoms with van der Waals surface area (Å²) in [4.78, 5) is 0. The summed E-state index contributed by atoms with van der Waals surface area (Å²) in [6.45, 7) is 4.94. The van der Waals surface area contributed by atoms with Crippen LogP contribution in [0.1, 0.15) is 25.5 Å². The Morgan fingerprint density at radius 1 is 1.33 bits per heavy atom. The lowest BCUT2D eigenvalue weighted by atomic mass is 10.1. The summed E-state index contributed by atoms with van der Waals surface area (Å²) >= 11 is 0. The number of ether oxygens (including phenoxy) is 2. The molecule has 1 N–H and O–H groups in total. The summed E-state index contributed by atoms with van der Waals surface area (Å²) in [6.07, 6.45) is 0.144. The third-order valence-corrected chi connectivity index (χ3v) is 2.64. The van der Waals surface area contributed by atoms with Crippen molar-refractivity contribution in [3.63, 3.8) is 0 Å². The summed E-state index contributed by atoms with van der Waals surface area (Å²) in [6, 6.07) is 8.02. The maximum absolute atomic E-state index is 5.86. The number of methoxy groups -OCH3 is 1. The highest BCUT2D eigenvalue weighted by molar-refractivity contribution is 5.29. The second kappa shape index (κ2) is 3.83. The molecule has 0 spiro atoms. The number of hydrogen-bond acceptors (Lipinski definition) is 3. The molecule has 1 aromatic carbocycles. The van der Waals surface area contributed by atoms with Gasteiger partial charge in [-0.25, -0.2) is 0 Å². The van der Waals surface area contributed by atoms with Gasteiger partial charge in [0.15, 0.2) is 0 Å². The van der Waals surface area contributed by atoms with Crippen molar-refractivity contribution >= 4 is 0 Å². The van der Waals surface area contributed by atoms with Gasteiger partial charge in [0.25, 0.3) is 0 Å². The summed E-state index contributed by atoms with van der Waals surface area (Å²) < 4.78 is 11.0. The maximum atomic E-state index is 5.86. The van der Waals surface area contributed by atoms with Crippen LogP contribution in [0, 0.1) is 0 Å². The van der Waals surface area contributed by atoms with Crippen molar-refractivity contribution < 1.29 is 9.47 Å². The van der Waals surface area contributed by atoms with Crippen molar-refractivity contribution in [3.05, 3.63) is 29.8 Å². The van der Waals surface area contributed by atoms with E-state index in [1.54, 1.807) is 7.11 Å². The number of nitrogens with one attached hydrogen (secondary N) is 1. The van der Waals surface area contributed by atoms with E-state index in [2.05, 4.69) is 5.32 Å². The molecule has 0 unspecified atom stereocenters. The summed E-state index contributed by atoms with van der Waals surface area (Å²) in [5, 5.41) is 3.32. The predicted molar refractivity (Wildman–Crippen MR) is 58.9 cm³/mol. The van der Waals surface area contributed by atoms with E-state index >= 15 is 0 Å². The topological polar surface area (TPSA) is 30.5 Å².